The quantitative estimate of drug-likeness (QED) is 0.504. The fourth-order valence-corrected chi connectivity index (χ4v) is 2.21. The molecule has 0 N–H and O–H groups in total. The van der Waals surface area contributed by atoms with Gasteiger partial charge >= 0.3 is 0 Å². The Kier molecular flexibility index (Phi) is 5.00. The van der Waals surface area contributed by atoms with E-state index in [1.165, 1.54) is 15.7 Å². The number of rotatable bonds is 4. The van der Waals surface area contributed by atoms with Gasteiger partial charge in [-0.05, 0) is 58.0 Å². The third-order valence-corrected chi connectivity index (χ3v) is 3.77. The third-order valence-electron chi connectivity index (χ3n) is 2.40. The number of alkyl halides is 1. The summed E-state index contributed by atoms with van der Waals surface area (Å²) in [5, 5.41) is 0.616. The van der Waals surface area contributed by atoms with E-state index in [9.17, 15) is 4.39 Å². The largest absolute Gasteiger partial charge is 0.489 e. The van der Waals surface area contributed by atoms with Gasteiger partial charge in [0.2, 0.25) is 0 Å². The van der Waals surface area contributed by atoms with Crippen molar-refractivity contribution in [3.05, 3.63) is 63.0 Å². The van der Waals surface area contributed by atoms with Crippen molar-refractivity contribution in [3.63, 3.8) is 0 Å². The summed E-state index contributed by atoms with van der Waals surface area (Å²) in [6.07, 6.45) is 0. The average molecular weight is 421 g/mol. The van der Waals surface area contributed by atoms with Gasteiger partial charge in [-0.15, -0.1) is 0 Å². The first-order chi connectivity index (χ1) is 8.67. The van der Waals surface area contributed by atoms with Crippen LogP contribution in [0.15, 0.2) is 42.5 Å². The molecule has 4 heteroatoms. The van der Waals surface area contributed by atoms with Gasteiger partial charge in [-0.1, -0.05) is 28.1 Å². The third kappa shape index (κ3) is 3.95. The second kappa shape index (κ2) is 6.52. The van der Waals surface area contributed by atoms with Crippen LogP contribution in [0, 0.1) is 9.39 Å². The average Bonchev–Trinajstić information content (AvgIpc) is 2.37. The van der Waals surface area contributed by atoms with Crippen LogP contribution in [-0.2, 0) is 11.9 Å². The summed E-state index contributed by atoms with van der Waals surface area (Å²) < 4.78 is 20.1. The van der Waals surface area contributed by atoms with Crippen LogP contribution in [0.3, 0.4) is 0 Å². The standard InChI is InChI=1S/C14H11BrFIO/c15-8-11-5-12(16)7-14(6-11)18-9-10-1-3-13(17)4-2-10/h1-7H,8-9H2. The summed E-state index contributed by atoms with van der Waals surface area (Å²) in [5.74, 6) is 0.285. The van der Waals surface area contributed by atoms with Gasteiger partial charge in [0.25, 0.3) is 0 Å². The maximum absolute atomic E-state index is 13.3. The number of benzene rings is 2. The van der Waals surface area contributed by atoms with E-state index in [0.717, 1.165) is 11.1 Å². The molecular weight excluding hydrogens is 410 g/mol. The second-order valence-corrected chi connectivity index (χ2v) is 5.65. The molecule has 0 aliphatic heterocycles. The highest BCUT2D eigenvalue weighted by atomic mass is 127. The molecule has 0 bridgehead atoms. The Morgan fingerprint density at radius 2 is 1.78 bits per heavy atom. The SMILES string of the molecule is Fc1cc(CBr)cc(OCc2ccc(I)cc2)c1. The highest BCUT2D eigenvalue weighted by Crippen LogP contribution is 2.19. The summed E-state index contributed by atoms with van der Waals surface area (Å²) in [6.45, 7) is 0.447. The molecular formula is C14H11BrFIO. The van der Waals surface area contributed by atoms with E-state index in [2.05, 4.69) is 38.5 Å². The lowest BCUT2D eigenvalue weighted by molar-refractivity contribution is 0.304. The Hall–Kier alpha value is -0.620. The predicted octanol–water partition coefficient (Wildman–Crippen LogP) is 4.90. The monoisotopic (exact) mass is 420 g/mol. The van der Waals surface area contributed by atoms with Crippen LogP contribution in [-0.4, -0.2) is 0 Å². The molecule has 2 aromatic carbocycles. The zero-order chi connectivity index (χ0) is 13.0. The Labute approximate surface area is 128 Å². The molecule has 94 valence electrons. The van der Waals surface area contributed by atoms with Gasteiger partial charge in [-0.3, -0.25) is 0 Å². The minimum atomic E-state index is -0.274. The van der Waals surface area contributed by atoms with Gasteiger partial charge in [0.1, 0.15) is 18.2 Å². The molecule has 2 aromatic rings. The molecule has 0 heterocycles. The maximum Gasteiger partial charge on any atom is 0.127 e. The van der Waals surface area contributed by atoms with Crippen LogP contribution in [0.1, 0.15) is 11.1 Å². The van der Waals surface area contributed by atoms with Crippen molar-refractivity contribution in [2.75, 3.05) is 0 Å². The first-order valence-corrected chi connectivity index (χ1v) is 7.60. The van der Waals surface area contributed by atoms with Crippen molar-refractivity contribution in [3.8, 4) is 5.75 Å². The number of hydrogen-bond acceptors (Lipinski definition) is 1. The summed E-state index contributed by atoms with van der Waals surface area (Å²) in [6, 6.07) is 12.8. The molecule has 0 radical (unpaired) electrons. The molecule has 0 saturated heterocycles. The van der Waals surface area contributed by atoms with Gasteiger partial charge in [0.15, 0.2) is 0 Å². The summed E-state index contributed by atoms with van der Waals surface area (Å²) >= 11 is 5.56. The van der Waals surface area contributed by atoms with Gasteiger partial charge < -0.3 is 4.74 Å². The molecule has 18 heavy (non-hydrogen) atoms. The Bertz CT molecular complexity index is 528. The molecule has 0 aliphatic rings. The van der Waals surface area contributed by atoms with Crippen molar-refractivity contribution in [2.24, 2.45) is 0 Å². The van der Waals surface area contributed by atoms with Crippen molar-refractivity contribution in [2.45, 2.75) is 11.9 Å². The zero-order valence-corrected chi connectivity index (χ0v) is 13.2. The Balaban J connectivity index is 2.05. The molecule has 0 aliphatic carbocycles. The van der Waals surface area contributed by atoms with Crippen molar-refractivity contribution in [1.82, 2.24) is 0 Å². The van der Waals surface area contributed by atoms with Gasteiger partial charge in [-0.2, -0.15) is 0 Å². The van der Waals surface area contributed by atoms with E-state index in [-0.39, 0.29) is 5.82 Å². The van der Waals surface area contributed by atoms with E-state index in [1.807, 2.05) is 30.3 Å². The van der Waals surface area contributed by atoms with Crippen LogP contribution in [0.25, 0.3) is 0 Å². The van der Waals surface area contributed by atoms with Gasteiger partial charge in [-0.25, -0.2) is 4.39 Å². The predicted molar refractivity (Wildman–Crippen MR) is 82.5 cm³/mol. The zero-order valence-electron chi connectivity index (χ0n) is 9.50. The first-order valence-electron chi connectivity index (χ1n) is 5.40. The van der Waals surface area contributed by atoms with Crippen molar-refractivity contribution >= 4 is 38.5 Å². The number of ether oxygens (including phenoxy) is 1. The normalized spacial score (nSPS) is 10.4. The van der Waals surface area contributed by atoms with E-state index >= 15 is 0 Å². The molecule has 0 unspecified atom stereocenters. The van der Waals surface area contributed by atoms with Crippen LogP contribution in [0.4, 0.5) is 4.39 Å². The van der Waals surface area contributed by atoms with Gasteiger partial charge in [0, 0.05) is 15.0 Å². The van der Waals surface area contributed by atoms with Gasteiger partial charge in [0.05, 0.1) is 0 Å². The second-order valence-electron chi connectivity index (χ2n) is 3.84. The fraction of sp³-hybridized carbons (Fsp3) is 0.143. The number of halogens is 3. The molecule has 0 saturated carbocycles. The molecule has 0 fully saturated rings. The topological polar surface area (TPSA) is 9.23 Å². The highest BCUT2D eigenvalue weighted by molar-refractivity contribution is 14.1. The van der Waals surface area contributed by atoms with Crippen LogP contribution in [0.2, 0.25) is 0 Å². The summed E-state index contributed by atoms with van der Waals surface area (Å²) in [5.41, 5.74) is 1.94. The minimum absolute atomic E-state index is 0.274. The van der Waals surface area contributed by atoms with Crippen molar-refractivity contribution < 1.29 is 9.13 Å². The Morgan fingerprint density at radius 3 is 2.44 bits per heavy atom. The number of hydrogen-bond donors (Lipinski definition) is 0. The summed E-state index contributed by atoms with van der Waals surface area (Å²) in [7, 11) is 0. The maximum atomic E-state index is 13.3. The lowest BCUT2D eigenvalue weighted by atomic mass is 10.2. The lowest BCUT2D eigenvalue weighted by Crippen LogP contribution is -1.96. The molecule has 0 atom stereocenters. The van der Waals surface area contributed by atoms with Crippen LogP contribution in [0.5, 0.6) is 5.75 Å². The van der Waals surface area contributed by atoms with Crippen LogP contribution < -0.4 is 4.74 Å². The molecule has 0 spiro atoms. The minimum Gasteiger partial charge on any atom is -0.489 e. The molecule has 0 amide bonds. The molecule has 2 rings (SSSR count). The van der Waals surface area contributed by atoms with E-state index in [1.54, 1.807) is 0 Å². The smallest absolute Gasteiger partial charge is 0.127 e. The highest BCUT2D eigenvalue weighted by Gasteiger charge is 2.02. The summed E-state index contributed by atoms with van der Waals surface area (Å²) in [4.78, 5) is 0. The Morgan fingerprint density at radius 1 is 1.06 bits per heavy atom. The van der Waals surface area contributed by atoms with E-state index < -0.39 is 0 Å². The first kappa shape index (κ1) is 13.8. The molecule has 1 nitrogen and oxygen atoms in total. The van der Waals surface area contributed by atoms with E-state index in [4.69, 9.17) is 4.74 Å². The lowest BCUT2D eigenvalue weighted by Gasteiger charge is -2.08. The van der Waals surface area contributed by atoms with E-state index in [0.29, 0.717) is 17.7 Å². The van der Waals surface area contributed by atoms with Crippen LogP contribution >= 0.6 is 38.5 Å². The van der Waals surface area contributed by atoms with Crippen molar-refractivity contribution in [1.29, 1.82) is 0 Å². The molecule has 0 aromatic heterocycles. The fourth-order valence-electron chi connectivity index (χ4n) is 1.53.